The van der Waals surface area contributed by atoms with Crippen molar-refractivity contribution in [3.05, 3.63) is 0 Å². The lowest BCUT2D eigenvalue weighted by Gasteiger charge is -2.34. The Bertz CT molecular complexity index is 389. The lowest BCUT2D eigenvalue weighted by Crippen LogP contribution is -2.46. The van der Waals surface area contributed by atoms with Crippen LogP contribution in [0.4, 0.5) is 0 Å². The average molecular weight is 238 g/mol. The summed E-state index contributed by atoms with van der Waals surface area (Å²) in [6.45, 7) is 5.57. The summed E-state index contributed by atoms with van der Waals surface area (Å²) in [5.74, 6) is 0.199. The second-order valence-electron chi connectivity index (χ2n) is 6.06. The Kier molecular flexibility index (Phi) is 2.11. The van der Waals surface area contributed by atoms with Crippen LogP contribution in [-0.4, -0.2) is 23.6 Å². The van der Waals surface area contributed by atoms with Crippen molar-refractivity contribution in [2.75, 3.05) is 0 Å². The third-order valence-electron chi connectivity index (χ3n) is 4.67. The van der Waals surface area contributed by atoms with Crippen LogP contribution in [0.1, 0.15) is 33.6 Å². The van der Waals surface area contributed by atoms with Crippen LogP contribution in [0.3, 0.4) is 0 Å². The standard InChI is InChI=1S/C13H18O4/c1-6(2)11(14)16-10-7-4-8-9(5-7)13(10,3)17-12(8)15/h6-10H,4-5H2,1-3H3. The maximum atomic E-state index is 11.7. The van der Waals surface area contributed by atoms with Gasteiger partial charge >= 0.3 is 11.9 Å². The van der Waals surface area contributed by atoms with Gasteiger partial charge in [-0.05, 0) is 19.8 Å². The van der Waals surface area contributed by atoms with E-state index in [-0.39, 0.29) is 35.8 Å². The Morgan fingerprint density at radius 3 is 2.82 bits per heavy atom. The first-order valence-electron chi connectivity index (χ1n) is 6.37. The number of carbonyl (C=O) groups is 2. The van der Waals surface area contributed by atoms with Crippen LogP contribution in [0.2, 0.25) is 0 Å². The number of esters is 2. The number of hydrogen-bond donors (Lipinski definition) is 0. The van der Waals surface area contributed by atoms with Crippen molar-refractivity contribution in [2.24, 2.45) is 23.7 Å². The van der Waals surface area contributed by atoms with E-state index in [1.807, 2.05) is 20.8 Å². The maximum Gasteiger partial charge on any atom is 0.310 e. The predicted molar refractivity (Wildman–Crippen MR) is 58.9 cm³/mol. The summed E-state index contributed by atoms with van der Waals surface area (Å²) in [6.07, 6.45) is 1.56. The molecule has 1 heterocycles. The van der Waals surface area contributed by atoms with Crippen molar-refractivity contribution in [1.29, 1.82) is 0 Å². The van der Waals surface area contributed by atoms with Crippen LogP contribution in [0, 0.1) is 23.7 Å². The largest absolute Gasteiger partial charge is 0.458 e. The molecule has 17 heavy (non-hydrogen) atoms. The lowest BCUT2D eigenvalue weighted by atomic mass is 9.79. The molecule has 2 bridgehead atoms. The number of carbonyl (C=O) groups excluding carboxylic acids is 2. The summed E-state index contributed by atoms with van der Waals surface area (Å²) in [5.41, 5.74) is -0.560. The highest BCUT2D eigenvalue weighted by Gasteiger charge is 2.70. The van der Waals surface area contributed by atoms with Crippen molar-refractivity contribution in [3.8, 4) is 0 Å². The lowest BCUT2D eigenvalue weighted by molar-refractivity contribution is -0.176. The summed E-state index contributed by atoms with van der Waals surface area (Å²) in [4.78, 5) is 23.4. The van der Waals surface area contributed by atoms with Gasteiger partial charge in [-0.25, -0.2) is 0 Å². The molecule has 94 valence electrons. The van der Waals surface area contributed by atoms with Gasteiger partial charge in [-0.3, -0.25) is 9.59 Å². The number of rotatable bonds is 2. The van der Waals surface area contributed by atoms with E-state index >= 15 is 0 Å². The van der Waals surface area contributed by atoms with Gasteiger partial charge in [-0.2, -0.15) is 0 Å². The second-order valence-corrected chi connectivity index (χ2v) is 6.06. The third kappa shape index (κ3) is 1.30. The van der Waals surface area contributed by atoms with Gasteiger partial charge in [0.2, 0.25) is 0 Å². The molecular formula is C13H18O4. The molecule has 2 saturated carbocycles. The topological polar surface area (TPSA) is 52.6 Å². The molecule has 4 heteroatoms. The molecule has 0 N–H and O–H groups in total. The zero-order chi connectivity index (χ0) is 12.4. The van der Waals surface area contributed by atoms with Gasteiger partial charge in [0.05, 0.1) is 11.8 Å². The summed E-state index contributed by atoms with van der Waals surface area (Å²) in [5, 5.41) is 0. The maximum absolute atomic E-state index is 11.7. The Balaban J connectivity index is 1.84. The number of fused-ring (bicyclic) bond motifs is 1. The van der Waals surface area contributed by atoms with E-state index in [9.17, 15) is 9.59 Å². The van der Waals surface area contributed by atoms with E-state index < -0.39 is 5.60 Å². The SMILES string of the molecule is CC(C)C(=O)OC1C2CC3C(=O)OC1(C)C3C2. The summed E-state index contributed by atoms with van der Waals surface area (Å²) in [6, 6.07) is 0. The molecule has 2 aliphatic carbocycles. The van der Waals surface area contributed by atoms with Crippen molar-refractivity contribution in [1.82, 2.24) is 0 Å². The molecule has 0 spiro atoms. The fourth-order valence-corrected chi connectivity index (χ4v) is 3.80. The first-order valence-corrected chi connectivity index (χ1v) is 6.37. The van der Waals surface area contributed by atoms with Gasteiger partial charge in [0.25, 0.3) is 0 Å². The Morgan fingerprint density at radius 1 is 1.47 bits per heavy atom. The Hall–Kier alpha value is -1.06. The van der Waals surface area contributed by atoms with Crippen molar-refractivity contribution in [3.63, 3.8) is 0 Å². The average Bonchev–Trinajstić information content (AvgIpc) is 2.81. The number of ether oxygens (including phenoxy) is 2. The molecule has 0 amide bonds. The van der Waals surface area contributed by atoms with Gasteiger partial charge < -0.3 is 9.47 Å². The molecule has 5 unspecified atom stereocenters. The van der Waals surface area contributed by atoms with Crippen molar-refractivity contribution >= 4 is 11.9 Å². The Morgan fingerprint density at radius 2 is 2.18 bits per heavy atom. The van der Waals surface area contributed by atoms with E-state index in [0.717, 1.165) is 12.8 Å². The Labute approximate surface area is 101 Å². The minimum atomic E-state index is -0.560. The smallest absolute Gasteiger partial charge is 0.310 e. The molecule has 1 saturated heterocycles. The van der Waals surface area contributed by atoms with Crippen LogP contribution in [-0.2, 0) is 19.1 Å². The van der Waals surface area contributed by atoms with Gasteiger partial charge in [0.15, 0.2) is 0 Å². The molecule has 4 nitrogen and oxygen atoms in total. The highest BCUT2D eigenvalue weighted by Crippen LogP contribution is 2.61. The number of hydrogen-bond acceptors (Lipinski definition) is 4. The summed E-state index contributed by atoms with van der Waals surface area (Å²) in [7, 11) is 0. The molecular weight excluding hydrogens is 220 g/mol. The van der Waals surface area contributed by atoms with E-state index in [1.54, 1.807) is 0 Å². The van der Waals surface area contributed by atoms with Crippen LogP contribution < -0.4 is 0 Å². The van der Waals surface area contributed by atoms with Crippen molar-refractivity contribution < 1.29 is 19.1 Å². The van der Waals surface area contributed by atoms with Gasteiger partial charge in [0.1, 0.15) is 11.7 Å². The normalized spacial score (nSPS) is 46.5. The zero-order valence-corrected chi connectivity index (χ0v) is 10.4. The summed E-state index contributed by atoms with van der Waals surface area (Å²) >= 11 is 0. The van der Waals surface area contributed by atoms with Gasteiger partial charge in [-0.15, -0.1) is 0 Å². The second kappa shape index (κ2) is 3.24. The minimum absolute atomic E-state index is 0.0546. The molecule has 1 aliphatic heterocycles. The predicted octanol–water partition coefficient (Wildman–Crippen LogP) is 1.53. The molecule has 5 atom stereocenters. The van der Waals surface area contributed by atoms with E-state index in [2.05, 4.69) is 0 Å². The fraction of sp³-hybridized carbons (Fsp3) is 0.846. The zero-order valence-electron chi connectivity index (χ0n) is 10.4. The molecule has 3 fully saturated rings. The quantitative estimate of drug-likeness (QED) is 0.684. The van der Waals surface area contributed by atoms with Gasteiger partial charge in [0, 0.05) is 11.8 Å². The van der Waals surface area contributed by atoms with Crippen LogP contribution in [0.25, 0.3) is 0 Å². The first kappa shape index (κ1) is 11.1. The molecule has 3 aliphatic rings. The van der Waals surface area contributed by atoms with Crippen LogP contribution in [0.15, 0.2) is 0 Å². The van der Waals surface area contributed by atoms with E-state index in [1.165, 1.54) is 0 Å². The molecule has 0 aromatic heterocycles. The van der Waals surface area contributed by atoms with Crippen LogP contribution >= 0.6 is 0 Å². The minimum Gasteiger partial charge on any atom is -0.458 e. The third-order valence-corrected chi connectivity index (χ3v) is 4.67. The van der Waals surface area contributed by atoms with E-state index in [0.29, 0.717) is 5.92 Å². The molecule has 0 aromatic rings. The first-order chi connectivity index (χ1) is 7.93. The van der Waals surface area contributed by atoms with Crippen LogP contribution in [0.5, 0.6) is 0 Å². The van der Waals surface area contributed by atoms with E-state index in [4.69, 9.17) is 9.47 Å². The monoisotopic (exact) mass is 238 g/mol. The molecule has 0 radical (unpaired) electrons. The molecule has 0 aromatic carbocycles. The van der Waals surface area contributed by atoms with Gasteiger partial charge in [-0.1, -0.05) is 13.8 Å². The highest BCUT2D eigenvalue weighted by atomic mass is 16.6. The summed E-state index contributed by atoms with van der Waals surface area (Å²) < 4.78 is 11.1. The van der Waals surface area contributed by atoms with Crippen molar-refractivity contribution in [2.45, 2.75) is 45.3 Å². The fourth-order valence-electron chi connectivity index (χ4n) is 3.80. The highest BCUT2D eigenvalue weighted by molar-refractivity contribution is 5.78. The molecule has 3 rings (SSSR count).